The number of piperazine rings is 1. The molecule has 2 N–H and O–H groups in total. The van der Waals surface area contributed by atoms with Gasteiger partial charge in [-0.05, 0) is 30.3 Å². The molecule has 6 rings (SSSR count). The molecule has 0 radical (unpaired) electrons. The molecule has 1 aromatic carbocycles. The van der Waals surface area contributed by atoms with Crippen LogP contribution in [-0.4, -0.2) is 90.2 Å². The number of nitrogens with zero attached hydrogens (tertiary/aromatic N) is 5. The van der Waals surface area contributed by atoms with Crippen LogP contribution in [0, 0.1) is 0 Å². The number of imide groups is 1. The van der Waals surface area contributed by atoms with Gasteiger partial charge in [-0.25, -0.2) is 4.79 Å². The number of aliphatic imine (C=N–C) groups is 1. The van der Waals surface area contributed by atoms with E-state index in [9.17, 15) is 14.4 Å². The molecule has 2 saturated heterocycles. The first kappa shape index (κ1) is 24.9. The van der Waals surface area contributed by atoms with Crippen molar-refractivity contribution < 1.29 is 23.5 Å². The van der Waals surface area contributed by atoms with Crippen molar-refractivity contribution >= 4 is 34.8 Å². The average molecular weight is 532 g/mol. The maximum Gasteiger partial charge on any atom is 0.324 e. The minimum absolute atomic E-state index is 0.0881. The van der Waals surface area contributed by atoms with Gasteiger partial charge in [-0.1, -0.05) is 13.0 Å². The Balaban J connectivity index is 1.37. The Hall–Kier alpha value is -4.45. The number of aromatic nitrogens is 1. The molecule has 5 heterocycles. The first-order chi connectivity index (χ1) is 18.9. The molecule has 3 aliphatic rings. The third-order valence-electron chi connectivity index (χ3n) is 7.69. The van der Waals surface area contributed by atoms with E-state index in [2.05, 4.69) is 37.3 Å². The molecule has 39 heavy (non-hydrogen) atoms. The summed E-state index contributed by atoms with van der Waals surface area (Å²) < 4.78 is 11.5. The molecule has 12 heteroatoms. The Kier molecular flexibility index (Phi) is 5.98. The van der Waals surface area contributed by atoms with Gasteiger partial charge in [0.25, 0.3) is 17.5 Å². The fourth-order valence-corrected chi connectivity index (χ4v) is 5.57. The maximum absolute atomic E-state index is 13.6. The van der Waals surface area contributed by atoms with Crippen LogP contribution in [0.3, 0.4) is 0 Å². The Morgan fingerprint density at radius 3 is 2.62 bits per heavy atom. The van der Waals surface area contributed by atoms with Gasteiger partial charge in [0, 0.05) is 56.6 Å². The number of fused-ring (bicyclic) bond motifs is 2. The normalized spacial score (nSPS) is 21.9. The van der Waals surface area contributed by atoms with E-state index in [0.29, 0.717) is 28.0 Å². The van der Waals surface area contributed by atoms with Gasteiger partial charge >= 0.3 is 6.03 Å². The summed E-state index contributed by atoms with van der Waals surface area (Å²) in [5, 5.41) is 4.93. The number of carbonyl (C=O) groups is 3. The zero-order valence-electron chi connectivity index (χ0n) is 22.0. The molecule has 0 aliphatic carbocycles. The van der Waals surface area contributed by atoms with Crippen LogP contribution in [0.5, 0.6) is 5.75 Å². The van der Waals surface area contributed by atoms with Crippen molar-refractivity contribution in [2.75, 3.05) is 46.9 Å². The van der Waals surface area contributed by atoms with Crippen LogP contribution in [0.4, 0.5) is 4.79 Å². The van der Waals surface area contributed by atoms with Gasteiger partial charge in [-0.15, -0.1) is 0 Å². The Bertz CT molecular complexity index is 1520. The molecule has 4 amide bonds. The molecular weight excluding hydrogens is 502 g/mol. The molecule has 2 fully saturated rings. The third kappa shape index (κ3) is 3.90. The summed E-state index contributed by atoms with van der Waals surface area (Å²) in [5.41, 5.74) is 0.902. The summed E-state index contributed by atoms with van der Waals surface area (Å²) in [5.74, 6) is 0.276. The minimum Gasteiger partial charge on any atom is -0.497 e. The molecule has 0 spiro atoms. The lowest BCUT2D eigenvalue weighted by molar-refractivity contribution is -0.131. The number of hydrogen-bond donors (Lipinski definition) is 2. The van der Waals surface area contributed by atoms with Gasteiger partial charge in [0.2, 0.25) is 0 Å². The number of nitrogens with one attached hydrogen (secondary N) is 2. The van der Waals surface area contributed by atoms with Gasteiger partial charge in [0.1, 0.15) is 17.1 Å². The number of rotatable bonds is 5. The van der Waals surface area contributed by atoms with Crippen LogP contribution in [-0.2, 0) is 17.0 Å². The molecule has 1 atom stereocenters. The number of benzene rings is 1. The van der Waals surface area contributed by atoms with Crippen molar-refractivity contribution in [2.24, 2.45) is 4.99 Å². The summed E-state index contributed by atoms with van der Waals surface area (Å²) >= 11 is 0. The van der Waals surface area contributed by atoms with E-state index in [1.54, 1.807) is 37.5 Å². The van der Waals surface area contributed by atoms with E-state index in [4.69, 9.17) is 9.15 Å². The van der Waals surface area contributed by atoms with E-state index < -0.39 is 23.5 Å². The number of furan rings is 1. The Labute approximate surface area is 224 Å². The molecule has 0 bridgehead atoms. The number of pyridine rings is 1. The number of carbonyl (C=O) groups excluding carboxylic acids is 3. The van der Waals surface area contributed by atoms with Crippen LogP contribution in [0.2, 0.25) is 0 Å². The summed E-state index contributed by atoms with van der Waals surface area (Å²) in [4.78, 5) is 54.3. The lowest BCUT2D eigenvalue weighted by atomic mass is 10.1. The van der Waals surface area contributed by atoms with Crippen molar-refractivity contribution in [2.45, 2.75) is 19.1 Å². The van der Waals surface area contributed by atoms with Crippen LogP contribution >= 0.6 is 0 Å². The number of urea groups is 1. The van der Waals surface area contributed by atoms with E-state index in [1.807, 2.05) is 6.07 Å². The molecule has 3 aliphatic heterocycles. The first-order valence-electron chi connectivity index (χ1n) is 12.8. The largest absolute Gasteiger partial charge is 0.497 e. The number of hydrogen-bond acceptors (Lipinski definition) is 8. The third-order valence-corrected chi connectivity index (χ3v) is 7.69. The van der Waals surface area contributed by atoms with Gasteiger partial charge < -0.3 is 24.3 Å². The highest BCUT2D eigenvalue weighted by molar-refractivity contribution is 6.11. The quantitative estimate of drug-likeness (QED) is 0.288. The number of likely N-dealkylation sites (N-methyl/N-ethyl adjacent to an activating group) is 1. The highest BCUT2D eigenvalue weighted by atomic mass is 16.5. The smallest absolute Gasteiger partial charge is 0.324 e. The fourth-order valence-electron chi connectivity index (χ4n) is 5.57. The molecule has 12 nitrogen and oxygen atoms in total. The van der Waals surface area contributed by atoms with Crippen LogP contribution in [0.1, 0.15) is 34.2 Å². The van der Waals surface area contributed by atoms with Crippen molar-refractivity contribution in [3.05, 3.63) is 59.0 Å². The zero-order valence-corrected chi connectivity index (χ0v) is 22.0. The standard InChI is InChI=1S/C27H29N7O5/c1-4-32-7-9-33(10-8-32)23(28-2)17-11-21-20(29-14-17)13-22(39-21)27(25(36)30-26(37)31-27)34-15-16-5-6-18(38-3)12-19(16)24(34)35/h5-6,11-14H,4,7-10,15H2,1-3H3,(H2,30,31,36,37)/t27-/m1/s1. The lowest BCUT2D eigenvalue weighted by Crippen LogP contribution is -2.57. The lowest BCUT2D eigenvalue weighted by Gasteiger charge is -2.35. The van der Waals surface area contributed by atoms with E-state index in [-0.39, 0.29) is 12.3 Å². The fraction of sp³-hybridized carbons (Fsp3) is 0.370. The second-order valence-electron chi connectivity index (χ2n) is 9.72. The number of ether oxygens (including phenoxy) is 1. The van der Waals surface area contributed by atoms with Gasteiger partial charge in [-0.2, -0.15) is 0 Å². The predicted molar refractivity (Wildman–Crippen MR) is 141 cm³/mol. The van der Waals surface area contributed by atoms with Gasteiger partial charge in [0.05, 0.1) is 13.7 Å². The highest BCUT2D eigenvalue weighted by Gasteiger charge is 2.58. The van der Waals surface area contributed by atoms with Crippen molar-refractivity contribution in [1.82, 2.24) is 30.3 Å². The van der Waals surface area contributed by atoms with Crippen LogP contribution < -0.4 is 15.4 Å². The van der Waals surface area contributed by atoms with E-state index in [0.717, 1.165) is 44.1 Å². The van der Waals surface area contributed by atoms with E-state index >= 15 is 0 Å². The number of methoxy groups -OCH3 is 1. The second-order valence-corrected chi connectivity index (χ2v) is 9.72. The summed E-state index contributed by atoms with van der Waals surface area (Å²) in [6.45, 7) is 6.86. The topological polar surface area (TPSA) is 133 Å². The molecule has 202 valence electrons. The van der Waals surface area contributed by atoms with Crippen molar-refractivity contribution in [3.63, 3.8) is 0 Å². The zero-order chi connectivity index (χ0) is 27.3. The predicted octanol–water partition coefficient (Wildman–Crippen LogP) is 1.50. The Morgan fingerprint density at radius 2 is 1.95 bits per heavy atom. The maximum atomic E-state index is 13.6. The van der Waals surface area contributed by atoms with Crippen LogP contribution in [0.15, 0.2) is 45.9 Å². The molecule has 0 saturated carbocycles. The summed E-state index contributed by atoms with van der Waals surface area (Å²) in [7, 11) is 3.26. The van der Waals surface area contributed by atoms with Crippen LogP contribution in [0.25, 0.3) is 11.1 Å². The SMILES string of the molecule is CCN1CCN(C(=NC)c2cnc3cc([C@]4(N5Cc6ccc(OC)cc6C5=O)NC(=O)NC4=O)oc3c2)CC1. The van der Waals surface area contributed by atoms with Gasteiger partial charge in [0.15, 0.2) is 11.3 Å². The highest BCUT2D eigenvalue weighted by Crippen LogP contribution is 2.39. The minimum atomic E-state index is -1.88. The summed E-state index contributed by atoms with van der Waals surface area (Å²) in [6.07, 6.45) is 1.72. The van der Waals surface area contributed by atoms with E-state index in [1.165, 1.54) is 12.0 Å². The molecule has 3 aromatic rings. The molecular formula is C27H29N7O5. The number of amidine groups is 1. The van der Waals surface area contributed by atoms with Crippen molar-refractivity contribution in [3.8, 4) is 5.75 Å². The first-order valence-corrected chi connectivity index (χ1v) is 12.8. The summed E-state index contributed by atoms with van der Waals surface area (Å²) in [6, 6.07) is 7.84. The van der Waals surface area contributed by atoms with Crippen molar-refractivity contribution in [1.29, 1.82) is 0 Å². The Morgan fingerprint density at radius 1 is 1.15 bits per heavy atom. The van der Waals surface area contributed by atoms with Gasteiger partial charge in [-0.3, -0.25) is 29.8 Å². The number of amides is 4. The average Bonchev–Trinajstić information content (AvgIpc) is 3.62. The molecule has 2 aromatic heterocycles. The monoisotopic (exact) mass is 531 g/mol. The second kappa shape index (κ2) is 9.38. The molecule has 0 unspecified atom stereocenters.